The first kappa shape index (κ1) is 23.2. The third-order valence-electron chi connectivity index (χ3n) is 5.56. The molecule has 3 heterocycles. The van der Waals surface area contributed by atoms with E-state index in [1.54, 1.807) is 13.1 Å². The van der Waals surface area contributed by atoms with Crippen LogP contribution in [-0.2, 0) is 33.3 Å². The number of para-hydroxylation sites is 1. The molecule has 0 bridgehead atoms. The van der Waals surface area contributed by atoms with Crippen LogP contribution in [0.5, 0.6) is 0 Å². The van der Waals surface area contributed by atoms with E-state index >= 15 is 0 Å². The van der Waals surface area contributed by atoms with Gasteiger partial charge in [-0.2, -0.15) is 18.2 Å². The highest BCUT2D eigenvalue weighted by Crippen LogP contribution is 2.27. The van der Waals surface area contributed by atoms with E-state index in [0.29, 0.717) is 17.0 Å². The third-order valence-corrected chi connectivity index (χ3v) is 5.56. The molecule has 0 aliphatic heterocycles. The van der Waals surface area contributed by atoms with Crippen LogP contribution in [0.25, 0.3) is 16.7 Å². The summed E-state index contributed by atoms with van der Waals surface area (Å²) in [6, 6.07) is 6.59. The van der Waals surface area contributed by atoms with E-state index in [0.717, 1.165) is 21.0 Å². The first-order valence-electron chi connectivity index (χ1n) is 10.3. The van der Waals surface area contributed by atoms with Crippen molar-refractivity contribution in [2.24, 2.45) is 0 Å². The summed E-state index contributed by atoms with van der Waals surface area (Å²) < 4.78 is 44.8. The molecule has 0 aliphatic carbocycles. The number of fused-ring (bicyclic) bond motifs is 2. The number of benzene rings is 1. The summed E-state index contributed by atoms with van der Waals surface area (Å²) in [5, 5.41) is 7.07. The van der Waals surface area contributed by atoms with Gasteiger partial charge in [0, 0.05) is 40.5 Å². The summed E-state index contributed by atoms with van der Waals surface area (Å²) in [6.07, 6.45) is -2.98. The average molecular weight is 474 g/mol. The molecule has 9 nitrogen and oxygen atoms in total. The molecule has 3 aromatic heterocycles. The van der Waals surface area contributed by atoms with Gasteiger partial charge in [0.25, 0.3) is 11.6 Å². The Morgan fingerprint density at radius 2 is 1.94 bits per heavy atom. The standard InChI is InChI=1S/C22H21F3N6O3/c1-11-15(12(2)31-21(27-11)29-20(30-31)22(23,24)25)9-18(32)28-17(19(33)34-3)8-13-10-26-16-7-5-4-6-14(13)16/h4-7,10,17,26H,8-9H2,1-3H3,(H,28,32). The number of H-pyrrole nitrogens is 1. The highest BCUT2D eigenvalue weighted by Gasteiger charge is 2.37. The fraction of sp³-hybridized carbons (Fsp3) is 0.318. The molecule has 0 spiro atoms. The maximum Gasteiger partial charge on any atom is 0.453 e. The monoisotopic (exact) mass is 474 g/mol. The fourth-order valence-electron chi connectivity index (χ4n) is 3.85. The Labute approximate surface area is 191 Å². The van der Waals surface area contributed by atoms with E-state index in [1.165, 1.54) is 14.0 Å². The van der Waals surface area contributed by atoms with Gasteiger partial charge in [-0.15, -0.1) is 5.10 Å². The molecule has 1 aromatic carbocycles. The van der Waals surface area contributed by atoms with Crippen molar-refractivity contribution in [3.05, 3.63) is 58.8 Å². The van der Waals surface area contributed by atoms with Crippen molar-refractivity contribution in [2.75, 3.05) is 7.11 Å². The molecule has 0 saturated carbocycles. The highest BCUT2D eigenvalue weighted by molar-refractivity contribution is 5.88. The van der Waals surface area contributed by atoms with Gasteiger partial charge in [0.15, 0.2) is 0 Å². The number of methoxy groups -OCH3 is 1. The number of aromatic amines is 1. The van der Waals surface area contributed by atoms with Gasteiger partial charge in [-0.05, 0) is 25.5 Å². The molecule has 4 rings (SSSR count). The van der Waals surface area contributed by atoms with Crippen molar-refractivity contribution in [3.63, 3.8) is 0 Å². The quantitative estimate of drug-likeness (QED) is 0.416. The number of hydrogen-bond acceptors (Lipinski definition) is 6. The van der Waals surface area contributed by atoms with Crippen LogP contribution in [0.4, 0.5) is 13.2 Å². The van der Waals surface area contributed by atoms with Crippen LogP contribution in [0, 0.1) is 13.8 Å². The van der Waals surface area contributed by atoms with Crippen LogP contribution in [0.3, 0.4) is 0 Å². The molecule has 12 heteroatoms. The van der Waals surface area contributed by atoms with Crippen molar-refractivity contribution >= 4 is 28.6 Å². The van der Waals surface area contributed by atoms with Gasteiger partial charge in [-0.25, -0.2) is 14.3 Å². The van der Waals surface area contributed by atoms with E-state index in [2.05, 4.69) is 25.4 Å². The minimum atomic E-state index is -4.72. The first-order valence-corrected chi connectivity index (χ1v) is 10.3. The lowest BCUT2D eigenvalue weighted by atomic mass is 10.0. The summed E-state index contributed by atoms with van der Waals surface area (Å²) in [7, 11) is 1.23. The molecule has 0 saturated heterocycles. The largest absolute Gasteiger partial charge is 0.467 e. The lowest BCUT2D eigenvalue weighted by Crippen LogP contribution is -2.43. The molecule has 0 radical (unpaired) electrons. The molecule has 1 amide bonds. The minimum Gasteiger partial charge on any atom is -0.467 e. The van der Waals surface area contributed by atoms with Crippen LogP contribution in [0.2, 0.25) is 0 Å². The molecule has 4 aromatic rings. The van der Waals surface area contributed by atoms with Crippen LogP contribution in [0.15, 0.2) is 30.5 Å². The number of alkyl halides is 3. The van der Waals surface area contributed by atoms with Gasteiger partial charge in [-0.3, -0.25) is 4.79 Å². The number of nitrogens with one attached hydrogen (secondary N) is 2. The maximum atomic E-state index is 13.0. The first-order chi connectivity index (χ1) is 16.1. The van der Waals surface area contributed by atoms with Crippen LogP contribution >= 0.6 is 0 Å². The number of carbonyl (C=O) groups is 2. The highest BCUT2D eigenvalue weighted by atomic mass is 19.4. The van der Waals surface area contributed by atoms with Gasteiger partial charge in [0.05, 0.1) is 13.5 Å². The summed E-state index contributed by atoms with van der Waals surface area (Å²) in [5.41, 5.74) is 2.74. The summed E-state index contributed by atoms with van der Waals surface area (Å²) in [6.45, 7) is 3.10. The Bertz CT molecular complexity index is 1390. The van der Waals surface area contributed by atoms with Gasteiger partial charge >= 0.3 is 12.1 Å². The van der Waals surface area contributed by atoms with E-state index < -0.39 is 29.9 Å². The number of carbonyl (C=O) groups excluding carboxylic acids is 2. The fourth-order valence-corrected chi connectivity index (χ4v) is 3.85. The molecular formula is C22H21F3N6O3. The topological polar surface area (TPSA) is 114 Å². The predicted molar refractivity (Wildman–Crippen MR) is 115 cm³/mol. The van der Waals surface area contributed by atoms with Gasteiger partial charge in [-0.1, -0.05) is 18.2 Å². The SMILES string of the molecule is COC(=O)C(Cc1c[nH]c2ccccc12)NC(=O)Cc1c(C)nc2nc(C(F)(F)F)nn2c1C. The lowest BCUT2D eigenvalue weighted by Gasteiger charge is -2.17. The zero-order chi connectivity index (χ0) is 24.6. The number of aromatic nitrogens is 5. The number of aryl methyl sites for hydroxylation is 2. The van der Waals surface area contributed by atoms with E-state index in [9.17, 15) is 22.8 Å². The zero-order valence-electron chi connectivity index (χ0n) is 18.5. The molecule has 0 fully saturated rings. The lowest BCUT2D eigenvalue weighted by molar-refractivity contribution is -0.145. The molecular weight excluding hydrogens is 453 g/mol. The Kier molecular flexibility index (Phi) is 5.98. The maximum absolute atomic E-state index is 13.0. The number of nitrogens with zero attached hydrogens (tertiary/aromatic N) is 4. The van der Waals surface area contributed by atoms with Crippen molar-refractivity contribution in [2.45, 2.75) is 38.9 Å². The number of rotatable bonds is 6. The molecule has 1 atom stereocenters. The summed E-state index contributed by atoms with van der Waals surface area (Å²) in [4.78, 5) is 35.8. The van der Waals surface area contributed by atoms with Crippen LogP contribution in [0.1, 0.15) is 28.3 Å². The Balaban J connectivity index is 1.57. The van der Waals surface area contributed by atoms with Gasteiger partial charge in [0.2, 0.25) is 5.91 Å². The van der Waals surface area contributed by atoms with Gasteiger partial charge in [0.1, 0.15) is 6.04 Å². The minimum absolute atomic E-state index is 0.190. The van der Waals surface area contributed by atoms with E-state index in [-0.39, 0.29) is 18.6 Å². The second kappa shape index (κ2) is 8.76. The average Bonchev–Trinajstić information content (AvgIpc) is 3.40. The van der Waals surface area contributed by atoms with Crippen LogP contribution in [-0.4, -0.2) is 49.6 Å². The number of hydrogen-bond donors (Lipinski definition) is 2. The molecule has 2 N–H and O–H groups in total. The second-order valence-corrected chi connectivity index (χ2v) is 7.79. The Morgan fingerprint density at radius 3 is 2.65 bits per heavy atom. The smallest absolute Gasteiger partial charge is 0.453 e. The molecule has 34 heavy (non-hydrogen) atoms. The Hall–Kier alpha value is -3.96. The number of halogens is 3. The number of amides is 1. The van der Waals surface area contributed by atoms with Crippen molar-refractivity contribution in [1.82, 2.24) is 29.9 Å². The van der Waals surface area contributed by atoms with Crippen LogP contribution < -0.4 is 5.32 Å². The normalized spacial score (nSPS) is 12.8. The molecule has 0 aliphatic rings. The van der Waals surface area contributed by atoms with Gasteiger partial charge < -0.3 is 15.0 Å². The van der Waals surface area contributed by atoms with Crippen molar-refractivity contribution in [3.8, 4) is 0 Å². The zero-order valence-corrected chi connectivity index (χ0v) is 18.5. The van der Waals surface area contributed by atoms with E-state index in [1.807, 2.05) is 24.3 Å². The number of esters is 1. The number of ether oxygens (including phenoxy) is 1. The summed E-state index contributed by atoms with van der Waals surface area (Å²) >= 11 is 0. The molecule has 178 valence electrons. The predicted octanol–water partition coefficient (Wildman–Crippen LogP) is 2.68. The second-order valence-electron chi connectivity index (χ2n) is 7.79. The third kappa shape index (κ3) is 4.43. The molecule has 1 unspecified atom stereocenters. The van der Waals surface area contributed by atoms with Crippen molar-refractivity contribution in [1.29, 1.82) is 0 Å². The Morgan fingerprint density at radius 1 is 1.21 bits per heavy atom. The van der Waals surface area contributed by atoms with Crippen molar-refractivity contribution < 1.29 is 27.5 Å². The van der Waals surface area contributed by atoms with E-state index in [4.69, 9.17) is 4.74 Å². The summed E-state index contributed by atoms with van der Waals surface area (Å²) in [5.74, 6) is -2.66.